The molecule has 1 aromatic heterocycles. The molecule has 1 N–H and O–H groups in total. The summed E-state index contributed by atoms with van der Waals surface area (Å²) in [6.45, 7) is 2.11. The SMILES string of the molecule is CCOC(=O)c1n[nH]c2c1C=CC(c1ccccc1)(c1ccc(OC)cc1)C2. The van der Waals surface area contributed by atoms with Crippen LogP contribution in [0.4, 0.5) is 0 Å². The molecule has 0 saturated heterocycles. The maximum atomic E-state index is 12.2. The van der Waals surface area contributed by atoms with Gasteiger partial charge in [-0.05, 0) is 30.2 Å². The molecule has 0 fully saturated rings. The summed E-state index contributed by atoms with van der Waals surface area (Å²) < 4.78 is 10.4. The lowest BCUT2D eigenvalue weighted by atomic mass is 9.68. The lowest BCUT2D eigenvalue weighted by Crippen LogP contribution is -2.30. The van der Waals surface area contributed by atoms with Crippen molar-refractivity contribution in [3.05, 3.63) is 88.8 Å². The number of hydrogen-bond acceptors (Lipinski definition) is 4. The van der Waals surface area contributed by atoms with Gasteiger partial charge in [-0.15, -0.1) is 0 Å². The summed E-state index contributed by atoms with van der Waals surface area (Å²) in [5.41, 5.74) is 4.02. The highest BCUT2D eigenvalue weighted by Crippen LogP contribution is 2.42. The Balaban J connectivity index is 1.81. The highest BCUT2D eigenvalue weighted by molar-refractivity contribution is 5.92. The van der Waals surface area contributed by atoms with Gasteiger partial charge in [-0.3, -0.25) is 5.10 Å². The van der Waals surface area contributed by atoms with E-state index in [0.29, 0.717) is 18.7 Å². The quantitative estimate of drug-likeness (QED) is 0.682. The molecule has 3 aromatic rings. The minimum absolute atomic E-state index is 0.323. The van der Waals surface area contributed by atoms with Crippen LogP contribution < -0.4 is 4.74 Å². The van der Waals surface area contributed by atoms with Crippen molar-refractivity contribution in [3.8, 4) is 5.75 Å². The number of rotatable bonds is 5. The summed E-state index contributed by atoms with van der Waals surface area (Å²) in [7, 11) is 1.66. The molecule has 1 unspecified atom stereocenters. The third-order valence-corrected chi connectivity index (χ3v) is 5.24. The van der Waals surface area contributed by atoms with Crippen LogP contribution in [0.25, 0.3) is 6.08 Å². The molecule has 0 amide bonds. The van der Waals surface area contributed by atoms with Gasteiger partial charge in [0.15, 0.2) is 5.69 Å². The minimum atomic E-state index is -0.402. The van der Waals surface area contributed by atoms with Gasteiger partial charge in [0.1, 0.15) is 5.75 Å². The molecule has 0 bridgehead atoms. The van der Waals surface area contributed by atoms with E-state index in [1.807, 2.05) is 36.4 Å². The zero-order valence-corrected chi connectivity index (χ0v) is 15.9. The Morgan fingerprint density at radius 2 is 1.82 bits per heavy atom. The Bertz CT molecular complexity index is 1010. The maximum Gasteiger partial charge on any atom is 0.359 e. The number of benzene rings is 2. The molecule has 1 aliphatic carbocycles. The number of H-pyrrole nitrogens is 1. The van der Waals surface area contributed by atoms with Gasteiger partial charge >= 0.3 is 5.97 Å². The third kappa shape index (κ3) is 2.99. The first kappa shape index (κ1) is 18.0. The second kappa shape index (κ2) is 7.35. The fourth-order valence-electron chi connectivity index (χ4n) is 3.81. The average Bonchev–Trinajstić information content (AvgIpc) is 3.17. The Morgan fingerprint density at radius 1 is 1.11 bits per heavy atom. The molecule has 142 valence electrons. The standard InChI is InChI=1S/C23H22N2O3/c1-3-28-22(26)21-19-13-14-23(15-20(19)24-25-21,16-7-5-4-6-8-16)17-9-11-18(27-2)12-10-17/h4-14H,3,15H2,1-2H3,(H,24,25). The molecule has 1 heterocycles. The van der Waals surface area contributed by atoms with E-state index in [0.717, 1.165) is 22.6 Å². The highest BCUT2D eigenvalue weighted by atomic mass is 16.5. The lowest BCUT2D eigenvalue weighted by Gasteiger charge is -2.34. The number of fused-ring (bicyclic) bond motifs is 1. The van der Waals surface area contributed by atoms with E-state index in [1.54, 1.807) is 14.0 Å². The summed E-state index contributed by atoms with van der Waals surface area (Å²) in [5.74, 6) is 0.417. The molecule has 1 aliphatic rings. The van der Waals surface area contributed by atoms with Gasteiger partial charge in [0, 0.05) is 23.1 Å². The van der Waals surface area contributed by atoms with Gasteiger partial charge < -0.3 is 9.47 Å². The smallest absolute Gasteiger partial charge is 0.359 e. The zero-order valence-electron chi connectivity index (χ0n) is 15.9. The van der Waals surface area contributed by atoms with E-state index in [9.17, 15) is 4.79 Å². The van der Waals surface area contributed by atoms with Crippen molar-refractivity contribution in [2.45, 2.75) is 18.8 Å². The van der Waals surface area contributed by atoms with Gasteiger partial charge in [-0.2, -0.15) is 5.10 Å². The van der Waals surface area contributed by atoms with Crippen LogP contribution in [0.2, 0.25) is 0 Å². The van der Waals surface area contributed by atoms with Crippen LogP contribution in [0.1, 0.15) is 39.8 Å². The number of aromatic amines is 1. The Morgan fingerprint density at radius 3 is 2.50 bits per heavy atom. The van der Waals surface area contributed by atoms with Crippen molar-refractivity contribution in [2.24, 2.45) is 0 Å². The number of nitrogens with zero attached hydrogens (tertiary/aromatic N) is 1. The van der Waals surface area contributed by atoms with Gasteiger partial charge in [0.25, 0.3) is 0 Å². The summed E-state index contributed by atoms with van der Waals surface area (Å²) in [6.07, 6.45) is 4.80. The number of methoxy groups -OCH3 is 1. The fourth-order valence-corrected chi connectivity index (χ4v) is 3.81. The van der Waals surface area contributed by atoms with Crippen molar-refractivity contribution in [3.63, 3.8) is 0 Å². The predicted molar refractivity (Wildman–Crippen MR) is 107 cm³/mol. The Hall–Kier alpha value is -3.34. The number of carbonyl (C=O) groups excluding carboxylic acids is 1. The van der Waals surface area contributed by atoms with E-state index in [2.05, 4.69) is 40.5 Å². The molecule has 2 aromatic carbocycles. The first-order chi connectivity index (χ1) is 13.7. The molecule has 28 heavy (non-hydrogen) atoms. The fraction of sp³-hybridized carbons (Fsp3) is 0.217. The third-order valence-electron chi connectivity index (χ3n) is 5.24. The summed E-state index contributed by atoms with van der Waals surface area (Å²) in [4.78, 5) is 12.2. The van der Waals surface area contributed by atoms with Gasteiger partial charge in [0.05, 0.1) is 13.7 Å². The molecular formula is C23H22N2O3. The van der Waals surface area contributed by atoms with E-state index in [4.69, 9.17) is 9.47 Å². The molecule has 0 spiro atoms. The number of carbonyl (C=O) groups is 1. The molecule has 5 heteroatoms. The normalized spacial score (nSPS) is 17.8. The van der Waals surface area contributed by atoms with E-state index >= 15 is 0 Å². The van der Waals surface area contributed by atoms with Crippen molar-refractivity contribution in [2.75, 3.05) is 13.7 Å². The van der Waals surface area contributed by atoms with Gasteiger partial charge in [0.2, 0.25) is 0 Å². The highest BCUT2D eigenvalue weighted by Gasteiger charge is 2.37. The first-order valence-electron chi connectivity index (χ1n) is 9.31. The average molecular weight is 374 g/mol. The molecule has 0 aliphatic heterocycles. The van der Waals surface area contributed by atoms with Crippen molar-refractivity contribution in [1.82, 2.24) is 10.2 Å². The van der Waals surface area contributed by atoms with E-state index in [1.165, 1.54) is 5.56 Å². The molecule has 0 radical (unpaired) electrons. The van der Waals surface area contributed by atoms with Crippen LogP contribution in [0.15, 0.2) is 60.7 Å². The molecule has 4 rings (SSSR count). The van der Waals surface area contributed by atoms with Gasteiger partial charge in [-0.1, -0.05) is 54.6 Å². The number of esters is 1. The largest absolute Gasteiger partial charge is 0.497 e. The van der Waals surface area contributed by atoms with Crippen LogP contribution in [-0.4, -0.2) is 29.9 Å². The summed E-state index contributed by atoms with van der Waals surface area (Å²) >= 11 is 0. The second-order valence-corrected chi connectivity index (χ2v) is 6.76. The van der Waals surface area contributed by atoms with Crippen LogP contribution in [0.5, 0.6) is 5.75 Å². The van der Waals surface area contributed by atoms with Crippen LogP contribution >= 0.6 is 0 Å². The predicted octanol–water partition coefficient (Wildman–Crippen LogP) is 4.15. The number of hydrogen-bond donors (Lipinski definition) is 1. The Labute approximate surface area is 164 Å². The van der Waals surface area contributed by atoms with E-state index < -0.39 is 5.97 Å². The topological polar surface area (TPSA) is 64.2 Å². The number of ether oxygens (including phenoxy) is 2. The number of allylic oxidation sites excluding steroid dienone is 1. The first-order valence-corrected chi connectivity index (χ1v) is 9.31. The molecule has 5 nitrogen and oxygen atoms in total. The number of aromatic nitrogens is 2. The minimum Gasteiger partial charge on any atom is -0.497 e. The van der Waals surface area contributed by atoms with Crippen molar-refractivity contribution in [1.29, 1.82) is 0 Å². The maximum absolute atomic E-state index is 12.2. The molecule has 0 saturated carbocycles. The van der Waals surface area contributed by atoms with E-state index in [-0.39, 0.29) is 5.41 Å². The van der Waals surface area contributed by atoms with Crippen molar-refractivity contribution >= 4 is 12.0 Å². The second-order valence-electron chi connectivity index (χ2n) is 6.76. The Kier molecular flexibility index (Phi) is 4.74. The summed E-state index contributed by atoms with van der Waals surface area (Å²) in [5, 5.41) is 7.28. The van der Waals surface area contributed by atoms with Gasteiger partial charge in [-0.25, -0.2) is 4.79 Å². The zero-order chi connectivity index (χ0) is 19.6. The monoisotopic (exact) mass is 374 g/mol. The molecule has 1 atom stereocenters. The van der Waals surface area contributed by atoms with Crippen LogP contribution in [0, 0.1) is 0 Å². The summed E-state index contributed by atoms with van der Waals surface area (Å²) in [6, 6.07) is 18.5. The molecular weight excluding hydrogens is 352 g/mol. The van der Waals surface area contributed by atoms with Crippen LogP contribution in [-0.2, 0) is 16.6 Å². The van der Waals surface area contributed by atoms with Crippen LogP contribution in [0.3, 0.4) is 0 Å². The lowest BCUT2D eigenvalue weighted by molar-refractivity contribution is 0.0519. The number of nitrogens with one attached hydrogen (secondary N) is 1. The van der Waals surface area contributed by atoms with Crippen molar-refractivity contribution < 1.29 is 14.3 Å².